The SMILES string of the molecule is CCONC(=O)c1ccccc1CN1C(=O)CNC1=O. The van der Waals surface area contributed by atoms with E-state index in [1.165, 1.54) is 0 Å². The molecule has 1 aromatic carbocycles. The minimum atomic E-state index is -0.449. The lowest BCUT2D eigenvalue weighted by Gasteiger charge is -2.15. The van der Waals surface area contributed by atoms with Crippen molar-refractivity contribution in [2.75, 3.05) is 13.2 Å². The van der Waals surface area contributed by atoms with Crippen molar-refractivity contribution in [3.8, 4) is 0 Å². The first kappa shape index (κ1) is 14.0. The largest absolute Gasteiger partial charge is 0.329 e. The van der Waals surface area contributed by atoms with Crippen LogP contribution in [0.25, 0.3) is 0 Å². The molecule has 0 bridgehead atoms. The topological polar surface area (TPSA) is 87.7 Å². The zero-order valence-corrected chi connectivity index (χ0v) is 11.0. The molecule has 0 aliphatic carbocycles. The van der Waals surface area contributed by atoms with E-state index in [2.05, 4.69) is 10.8 Å². The number of carbonyl (C=O) groups is 3. The summed E-state index contributed by atoms with van der Waals surface area (Å²) in [7, 11) is 0. The fourth-order valence-corrected chi connectivity index (χ4v) is 1.86. The monoisotopic (exact) mass is 277 g/mol. The van der Waals surface area contributed by atoms with Gasteiger partial charge in [-0.15, -0.1) is 0 Å². The highest BCUT2D eigenvalue weighted by atomic mass is 16.6. The zero-order valence-electron chi connectivity index (χ0n) is 11.0. The predicted octanol–water partition coefficient (Wildman–Crippen LogP) is 0.420. The Kier molecular flexibility index (Phi) is 4.31. The van der Waals surface area contributed by atoms with Crippen molar-refractivity contribution in [2.24, 2.45) is 0 Å². The Morgan fingerprint density at radius 3 is 2.80 bits per heavy atom. The maximum absolute atomic E-state index is 11.9. The highest BCUT2D eigenvalue weighted by Crippen LogP contribution is 2.14. The summed E-state index contributed by atoms with van der Waals surface area (Å²) >= 11 is 0. The molecule has 0 unspecified atom stereocenters. The zero-order chi connectivity index (χ0) is 14.5. The van der Waals surface area contributed by atoms with E-state index in [0.29, 0.717) is 17.7 Å². The van der Waals surface area contributed by atoms with Gasteiger partial charge in [-0.25, -0.2) is 10.3 Å². The van der Waals surface area contributed by atoms with Gasteiger partial charge in [-0.1, -0.05) is 18.2 Å². The van der Waals surface area contributed by atoms with Crippen LogP contribution in [-0.2, 0) is 16.2 Å². The number of benzene rings is 1. The van der Waals surface area contributed by atoms with Crippen molar-refractivity contribution in [3.63, 3.8) is 0 Å². The fraction of sp³-hybridized carbons (Fsp3) is 0.308. The summed E-state index contributed by atoms with van der Waals surface area (Å²) < 4.78 is 0. The van der Waals surface area contributed by atoms with Crippen molar-refractivity contribution in [3.05, 3.63) is 35.4 Å². The molecule has 1 aromatic rings. The standard InChI is InChI=1S/C13H15N3O4/c1-2-20-15-12(18)10-6-4-3-5-9(10)8-16-11(17)7-14-13(16)19/h3-6H,2,7-8H2,1H3,(H,14,19)(H,15,18). The molecule has 2 rings (SSSR count). The Hall–Kier alpha value is -2.41. The number of nitrogens with zero attached hydrogens (tertiary/aromatic N) is 1. The number of carbonyl (C=O) groups excluding carboxylic acids is 3. The first-order valence-electron chi connectivity index (χ1n) is 6.21. The molecule has 0 atom stereocenters. The van der Waals surface area contributed by atoms with Crippen LogP contribution in [0.15, 0.2) is 24.3 Å². The van der Waals surface area contributed by atoms with Gasteiger partial charge in [-0.3, -0.25) is 19.3 Å². The number of rotatable bonds is 5. The Bertz CT molecular complexity index is 528. The maximum Gasteiger partial charge on any atom is 0.324 e. The molecule has 106 valence electrons. The molecule has 7 heteroatoms. The van der Waals surface area contributed by atoms with Gasteiger partial charge in [-0.05, 0) is 18.6 Å². The number of imide groups is 1. The number of urea groups is 1. The summed E-state index contributed by atoms with van der Waals surface area (Å²) in [5.41, 5.74) is 3.24. The van der Waals surface area contributed by atoms with Gasteiger partial charge in [0.1, 0.15) is 0 Å². The molecule has 4 amide bonds. The van der Waals surface area contributed by atoms with Crippen LogP contribution in [0.2, 0.25) is 0 Å². The maximum atomic E-state index is 11.9. The average molecular weight is 277 g/mol. The van der Waals surface area contributed by atoms with Gasteiger partial charge in [0.05, 0.1) is 19.7 Å². The van der Waals surface area contributed by atoms with E-state index in [1.807, 2.05) is 0 Å². The van der Waals surface area contributed by atoms with Gasteiger partial charge in [0.2, 0.25) is 5.91 Å². The number of nitrogens with one attached hydrogen (secondary N) is 2. The molecule has 1 heterocycles. The Morgan fingerprint density at radius 2 is 2.15 bits per heavy atom. The summed E-state index contributed by atoms with van der Waals surface area (Å²) in [5, 5.41) is 2.43. The lowest BCUT2D eigenvalue weighted by atomic mass is 10.1. The number of hydroxylamine groups is 1. The molecular formula is C13H15N3O4. The van der Waals surface area contributed by atoms with Crippen LogP contribution in [0.1, 0.15) is 22.8 Å². The second-order valence-electron chi connectivity index (χ2n) is 4.16. The number of amides is 4. The van der Waals surface area contributed by atoms with E-state index in [9.17, 15) is 14.4 Å². The van der Waals surface area contributed by atoms with Crippen LogP contribution >= 0.6 is 0 Å². The second kappa shape index (κ2) is 6.16. The number of hydrogen-bond donors (Lipinski definition) is 2. The molecule has 1 fully saturated rings. The van der Waals surface area contributed by atoms with Crippen LogP contribution in [0.5, 0.6) is 0 Å². The summed E-state index contributed by atoms with van der Waals surface area (Å²) in [6.45, 7) is 2.15. The van der Waals surface area contributed by atoms with Crippen LogP contribution in [0, 0.1) is 0 Å². The molecule has 0 saturated carbocycles. The van der Waals surface area contributed by atoms with Gasteiger partial charge < -0.3 is 5.32 Å². The highest BCUT2D eigenvalue weighted by Gasteiger charge is 2.29. The number of hydrogen-bond acceptors (Lipinski definition) is 4. The van der Waals surface area contributed by atoms with Crippen LogP contribution in [0.3, 0.4) is 0 Å². The van der Waals surface area contributed by atoms with E-state index >= 15 is 0 Å². The Balaban J connectivity index is 2.17. The van der Waals surface area contributed by atoms with E-state index in [1.54, 1.807) is 31.2 Å². The van der Waals surface area contributed by atoms with Gasteiger partial charge in [-0.2, -0.15) is 0 Å². The van der Waals surface area contributed by atoms with Gasteiger partial charge in [0.15, 0.2) is 0 Å². The van der Waals surface area contributed by atoms with Crippen molar-refractivity contribution in [1.29, 1.82) is 0 Å². The molecular weight excluding hydrogens is 262 g/mol. The molecule has 7 nitrogen and oxygen atoms in total. The quantitative estimate of drug-likeness (QED) is 0.603. The van der Waals surface area contributed by atoms with Crippen molar-refractivity contribution in [1.82, 2.24) is 15.7 Å². The minimum Gasteiger partial charge on any atom is -0.329 e. The molecule has 2 N–H and O–H groups in total. The molecule has 0 radical (unpaired) electrons. The van der Waals surface area contributed by atoms with E-state index in [-0.39, 0.29) is 19.0 Å². The third kappa shape index (κ3) is 2.94. The second-order valence-corrected chi connectivity index (χ2v) is 4.16. The predicted molar refractivity (Wildman–Crippen MR) is 69.5 cm³/mol. The van der Waals surface area contributed by atoms with Crippen LogP contribution < -0.4 is 10.8 Å². The summed E-state index contributed by atoms with van der Waals surface area (Å²) in [6, 6.07) is 6.30. The first-order valence-corrected chi connectivity index (χ1v) is 6.21. The Morgan fingerprint density at radius 1 is 1.40 bits per heavy atom. The highest BCUT2D eigenvalue weighted by molar-refractivity contribution is 6.02. The first-order chi connectivity index (χ1) is 9.63. The van der Waals surface area contributed by atoms with E-state index < -0.39 is 11.9 Å². The molecule has 1 aliphatic heterocycles. The minimum absolute atomic E-state index is 0.00780. The summed E-state index contributed by atoms with van der Waals surface area (Å²) in [5.74, 6) is -0.718. The normalized spacial score (nSPS) is 14.3. The van der Waals surface area contributed by atoms with Crippen LogP contribution in [0.4, 0.5) is 4.79 Å². The van der Waals surface area contributed by atoms with E-state index in [4.69, 9.17) is 4.84 Å². The summed E-state index contributed by atoms with van der Waals surface area (Å²) in [6.07, 6.45) is 0. The fourth-order valence-electron chi connectivity index (χ4n) is 1.86. The summed E-state index contributed by atoms with van der Waals surface area (Å²) in [4.78, 5) is 40.9. The molecule has 1 aliphatic rings. The lowest BCUT2D eigenvalue weighted by Crippen LogP contribution is -2.32. The van der Waals surface area contributed by atoms with Crippen LogP contribution in [-0.4, -0.2) is 35.9 Å². The van der Waals surface area contributed by atoms with Crippen molar-refractivity contribution >= 4 is 17.8 Å². The van der Waals surface area contributed by atoms with E-state index in [0.717, 1.165) is 4.90 Å². The molecule has 0 spiro atoms. The molecule has 1 saturated heterocycles. The van der Waals surface area contributed by atoms with Gasteiger partial charge >= 0.3 is 6.03 Å². The van der Waals surface area contributed by atoms with Gasteiger partial charge in [0, 0.05) is 5.56 Å². The third-order valence-corrected chi connectivity index (χ3v) is 2.84. The molecule has 0 aromatic heterocycles. The third-order valence-electron chi connectivity index (χ3n) is 2.84. The average Bonchev–Trinajstić information content (AvgIpc) is 2.77. The smallest absolute Gasteiger partial charge is 0.324 e. The molecule has 20 heavy (non-hydrogen) atoms. The van der Waals surface area contributed by atoms with Crippen molar-refractivity contribution in [2.45, 2.75) is 13.5 Å². The Labute approximate surface area is 115 Å². The lowest BCUT2D eigenvalue weighted by molar-refractivity contribution is -0.125. The van der Waals surface area contributed by atoms with Crippen molar-refractivity contribution < 1.29 is 19.2 Å². The van der Waals surface area contributed by atoms with Gasteiger partial charge in [0.25, 0.3) is 5.91 Å².